The van der Waals surface area contributed by atoms with Crippen molar-refractivity contribution < 1.29 is 13.6 Å². The van der Waals surface area contributed by atoms with E-state index in [4.69, 9.17) is 0 Å². The topological polar surface area (TPSA) is 46.9 Å². The van der Waals surface area contributed by atoms with E-state index >= 15 is 0 Å². The quantitative estimate of drug-likeness (QED) is 0.733. The molecular formula is C21H29F2N3O. The van der Waals surface area contributed by atoms with Crippen LogP contribution in [0.2, 0.25) is 0 Å². The lowest BCUT2D eigenvalue weighted by molar-refractivity contribution is 0.0836. The summed E-state index contributed by atoms with van der Waals surface area (Å²) in [5.74, 6) is -0.435. The molecule has 0 spiro atoms. The van der Waals surface area contributed by atoms with Gasteiger partial charge < -0.3 is 5.32 Å². The molecule has 0 aliphatic heterocycles. The molecule has 1 atom stereocenters. The van der Waals surface area contributed by atoms with Crippen LogP contribution in [0.1, 0.15) is 72.8 Å². The van der Waals surface area contributed by atoms with Gasteiger partial charge in [0.25, 0.3) is 12.3 Å². The first-order chi connectivity index (χ1) is 12.6. The Labute approximate surface area is 160 Å². The van der Waals surface area contributed by atoms with Gasteiger partial charge in [0.15, 0.2) is 0 Å². The smallest absolute Gasteiger partial charge is 0.282 e. The molecule has 2 rings (SSSR count). The molecule has 0 bridgehead atoms. The molecule has 0 radical (unpaired) electrons. The van der Waals surface area contributed by atoms with Crippen LogP contribution >= 0.6 is 0 Å². The molecule has 4 nitrogen and oxygen atoms in total. The predicted molar refractivity (Wildman–Crippen MR) is 103 cm³/mol. The number of nitrogens with one attached hydrogen (secondary N) is 1. The van der Waals surface area contributed by atoms with Gasteiger partial charge in [0.05, 0.1) is 11.1 Å². The fraction of sp³-hybridized carbons (Fsp3) is 0.524. The van der Waals surface area contributed by atoms with Gasteiger partial charge in [0, 0.05) is 13.2 Å². The van der Waals surface area contributed by atoms with Crippen LogP contribution in [0.5, 0.6) is 0 Å². The second-order valence-electron chi connectivity index (χ2n) is 7.48. The van der Waals surface area contributed by atoms with Gasteiger partial charge >= 0.3 is 0 Å². The fourth-order valence-corrected chi connectivity index (χ4v) is 3.75. The van der Waals surface area contributed by atoms with E-state index in [-0.39, 0.29) is 11.5 Å². The van der Waals surface area contributed by atoms with Gasteiger partial charge in [-0.1, -0.05) is 45.4 Å². The molecule has 1 aromatic carbocycles. The number of hydrogen-bond donors (Lipinski definition) is 1. The third-order valence-corrected chi connectivity index (χ3v) is 5.36. The first kappa shape index (κ1) is 21.1. The molecule has 148 valence electrons. The number of hydrogen-bond acceptors (Lipinski definition) is 2. The van der Waals surface area contributed by atoms with Crippen LogP contribution in [0.4, 0.5) is 8.78 Å². The van der Waals surface area contributed by atoms with Crippen molar-refractivity contribution in [3.05, 3.63) is 52.3 Å². The molecule has 27 heavy (non-hydrogen) atoms. The Morgan fingerprint density at radius 2 is 1.96 bits per heavy atom. The molecule has 1 N–H and O–H groups in total. The SMILES string of the molecule is CCCC(NC(=O)c1cn(C)nc1C(F)F)(c1cccc(C)c1C)C(C)C. The van der Waals surface area contributed by atoms with Crippen LogP contribution < -0.4 is 5.32 Å². The van der Waals surface area contributed by atoms with Crippen LogP contribution in [0.3, 0.4) is 0 Å². The van der Waals surface area contributed by atoms with Crippen molar-refractivity contribution in [2.75, 3.05) is 0 Å². The highest BCUT2D eigenvalue weighted by Gasteiger charge is 2.39. The van der Waals surface area contributed by atoms with Crippen molar-refractivity contribution in [3.8, 4) is 0 Å². The number of carbonyl (C=O) groups is 1. The van der Waals surface area contributed by atoms with Crippen LogP contribution in [0, 0.1) is 19.8 Å². The Bertz CT molecular complexity index is 814. The first-order valence-electron chi connectivity index (χ1n) is 9.34. The minimum absolute atomic E-state index is 0.0704. The average molecular weight is 377 g/mol. The summed E-state index contributed by atoms with van der Waals surface area (Å²) in [4.78, 5) is 13.0. The summed E-state index contributed by atoms with van der Waals surface area (Å²) < 4.78 is 27.9. The molecule has 1 amide bonds. The maximum Gasteiger partial charge on any atom is 0.282 e. The lowest BCUT2D eigenvalue weighted by Crippen LogP contribution is -2.50. The van der Waals surface area contributed by atoms with Gasteiger partial charge in [-0.3, -0.25) is 9.48 Å². The van der Waals surface area contributed by atoms with Crippen molar-refractivity contribution >= 4 is 5.91 Å². The van der Waals surface area contributed by atoms with E-state index in [1.807, 2.05) is 32.0 Å². The maximum atomic E-state index is 13.3. The number of rotatable bonds is 7. The highest BCUT2D eigenvalue weighted by Crippen LogP contribution is 2.38. The summed E-state index contributed by atoms with van der Waals surface area (Å²) in [6.07, 6.45) is 0.120. The first-order valence-corrected chi connectivity index (χ1v) is 9.34. The Morgan fingerprint density at radius 3 is 2.52 bits per heavy atom. The largest absolute Gasteiger partial charge is 0.342 e. The van der Waals surface area contributed by atoms with Crippen molar-refractivity contribution in [1.82, 2.24) is 15.1 Å². The molecule has 1 unspecified atom stereocenters. The minimum Gasteiger partial charge on any atom is -0.342 e. The van der Waals surface area contributed by atoms with E-state index in [1.54, 1.807) is 0 Å². The van der Waals surface area contributed by atoms with E-state index in [1.165, 1.54) is 17.9 Å². The second kappa shape index (κ2) is 8.19. The molecule has 0 saturated heterocycles. The number of amides is 1. The molecule has 6 heteroatoms. The highest BCUT2D eigenvalue weighted by molar-refractivity contribution is 5.95. The van der Waals surface area contributed by atoms with Crippen LogP contribution in [-0.2, 0) is 12.6 Å². The van der Waals surface area contributed by atoms with Gasteiger partial charge in [-0.2, -0.15) is 5.10 Å². The molecule has 0 saturated carbocycles. The van der Waals surface area contributed by atoms with E-state index in [2.05, 4.69) is 31.2 Å². The standard InChI is InChI=1S/C21H29F2N3O/c1-7-11-21(13(2)3,17-10-8-9-14(4)15(17)5)24-20(27)16-12-26(6)25-18(16)19(22)23/h8-10,12-13,19H,7,11H2,1-6H3,(H,24,27). The Morgan fingerprint density at radius 1 is 1.30 bits per heavy atom. The number of alkyl halides is 2. The average Bonchev–Trinajstić information content (AvgIpc) is 2.99. The summed E-state index contributed by atoms with van der Waals surface area (Å²) >= 11 is 0. The Hall–Kier alpha value is -2.24. The van der Waals surface area contributed by atoms with Gasteiger partial charge in [0.2, 0.25) is 0 Å². The number of carbonyl (C=O) groups excluding carboxylic acids is 1. The molecule has 0 aliphatic carbocycles. The van der Waals surface area contributed by atoms with E-state index in [0.717, 1.165) is 23.1 Å². The van der Waals surface area contributed by atoms with Crippen molar-refractivity contribution in [2.45, 2.75) is 59.4 Å². The number of aromatic nitrogens is 2. The summed E-state index contributed by atoms with van der Waals surface area (Å²) in [6.45, 7) is 10.2. The Balaban J connectivity index is 2.56. The third kappa shape index (κ3) is 4.04. The molecule has 1 heterocycles. The number of nitrogens with zero attached hydrogens (tertiary/aromatic N) is 2. The lowest BCUT2D eigenvalue weighted by Gasteiger charge is -2.40. The van der Waals surface area contributed by atoms with Crippen molar-refractivity contribution in [1.29, 1.82) is 0 Å². The summed E-state index contributed by atoms with van der Waals surface area (Å²) in [5, 5.41) is 6.88. The zero-order valence-corrected chi connectivity index (χ0v) is 16.9. The van der Waals surface area contributed by atoms with Crippen molar-refractivity contribution in [3.63, 3.8) is 0 Å². The number of aryl methyl sites for hydroxylation is 2. The molecule has 0 fully saturated rings. The summed E-state index contributed by atoms with van der Waals surface area (Å²) in [7, 11) is 1.54. The minimum atomic E-state index is -2.80. The van der Waals surface area contributed by atoms with Crippen molar-refractivity contribution in [2.24, 2.45) is 13.0 Å². The normalized spacial score (nSPS) is 13.9. The monoisotopic (exact) mass is 377 g/mol. The summed E-state index contributed by atoms with van der Waals surface area (Å²) in [5.41, 5.74) is 2.09. The molecule has 2 aromatic rings. The van der Waals surface area contributed by atoms with Gasteiger partial charge in [-0.05, 0) is 42.9 Å². The maximum absolute atomic E-state index is 13.3. The highest BCUT2D eigenvalue weighted by atomic mass is 19.3. The zero-order valence-electron chi connectivity index (χ0n) is 16.9. The Kier molecular flexibility index (Phi) is 6.39. The van der Waals surface area contributed by atoms with Crippen LogP contribution in [-0.4, -0.2) is 15.7 Å². The predicted octanol–water partition coefficient (Wildman–Crippen LogP) is 5.06. The molecular weight excluding hydrogens is 348 g/mol. The summed E-state index contributed by atoms with van der Waals surface area (Å²) in [6, 6.07) is 6.04. The van der Waals surface area contributed by atoms with Gasteiger partial charge in [-0.15, -0.1) is 0 Å². The number of halogens is 2. The fourth-order valence-electron chi connectivity index (χ4n) is 3.75. The third-order valence-electron chi connectivity index (χ3n) is 5.36. The lowest BCUT2D eigenvalue weighted by atomic mass is 9.74. The molecule has 0 aliphatic rings. The van der Waals surface area contributed by atoms with Crippen LogP contribution in [0.15, 0.2) is 24.4 Å². The number of benzene rings is 1. The van der Waals surface area contributed by atoms with E-state index in [9.17, 15) is 13.6 Å². The van der Waals surface area contributed by atoms with Crippen LogP contribution in [0.25, 0.3) is 0 Å². The van der Waals surface area contributed by atoms with Gasteiger partial charge in [-0.25, -0.2) is 8.78 Å². The van der Waals surface area contributed by atoms with E-state index in [0.29, 0.717) is 6.42 Å². The van der Waals surface area contributed by atoms with E-state index < -0.39 is 23.6 Å². The second-order valence-corrected chi connectivity index (χ2v) is 7.48. The zero-order chi connectivity index (χ0) is 20.4. The van der Waals surface area contributed by atoms with Gasteiger partial charge in [0.1, 0.15) is 5.69 Å². The molecule has 1 aromatic heterocycles.